The molecular formula is C26H22Cl2FN7O2. The summed E-state index contributed by atoms with van der Waals surface area (Å²) < 4.78 is 14.8. The Balaban J connectivity index is 1.47. The molecule has 0 saturated carbocycles. The molecule has 194 valence electrons. The van der Waals surface area contributed by atoms with Gasteiger partial charge in [0.05, 0.1) is 39.2 Å². The van der Waals surface area contributed by atoms with Gasteiger partial charge in [-0.15, -0.1) is 0 Å². The average Bonchev–Trinajstić information content (AvgIpc) is 3.51. The Labute approximate surface area is 227 Å². The van der Waals surface area contributed by atoms with Crippen molar-refractivity contribution in [1.82, 2.24) is 30.9 Å². The Morgan fingerprint density at radius 3 is 2.53 bits per heavy atom. The molecule has 2 unspecified atom stereocenters. The molecule has 0 bridgehead atoms. The predicted octanol–water partition coefficient (Wildman–Crippen LogP) is 4.23. The number of carbonyl (C=O) groups is 2. The number of nitrogens with zero attached hydrogens (tertiary/aromatic N) is 3. The van der Waals surface area contributed by atoms with Crippen LogP contribution in [-0.2, 0) is 0 Å². The van der Waals surface area contributed by atoms with E-state index >= 15 is 0 Å². The zero-order chi connectivity index (χ0) is 26.8. The topological polar surface area (TPSA) is 113 Å². The molecule has 4 aromatic rings. The number of hydrogen-bond acceptors (Lipinski definition) is 6. The SMILES string of the molecule is CC1NNCC1NC(=O)c1cc(NC(=O)c2cc(-c3ccc(F)cn3)c(Cl)cc2Cl)n(-c2ccccc2)n1. The number of pyridine rings is 1. The van der Waals surface area contributed by atoms with Gasteiger partial charge in [0.2, 0.25) is 0 Å². The third kappa shape index (κ3) is 5.39. The number of carbonyl (C=O) groups excluding carboxylic acids is 2. The second kappa shape index (κ2) is 10.9. The molecule has 0 spiro atoms. The number of hydrogen-bond donors (Lipinski definition) is 4. The van der Waals surface area contributed by atoms with E-state index in [0.29, 0.717) is 23.5 Å². The van der Waals surface area contributed by atoms with Crippen molar-refractivity contribution in [1.29, 1.82) is 0 Å². The Morgan fingerprint density at radius 2 is 1.84 bits per heavy atom. The minimum Gasteiger partial charge on any atom is -0.345 e. The monoisotopic (exact) mass is 553 g/mol. The number of benzene rings is 2. The number of para-hydroxylation sites is 1. The fourth-order valence-electron chi connectivity index (χ4n) is 4.01. The lowest BCUT2D eigenvalue weighted by Crippen LogP contribution is -2.43. The summed E-state index contributed by atoms with van der Waals surface area (Å²) in [5.74, 6) is -1.18. The molecule has 1 fully saturated rings. The molecule has 0 radical (unpaired) electrons. The van der Waals surface area contributed by atoms with Gasteiger partial charge in [-0.05, 0) is 43.3 Å². The number of halogens is 3. The number of rotatable bonds is 6. The van der Waals surface area contributed by atoms with E-state index in [1.54, 1.807) is 12.1 Å². The van der Waals surface area contributed by atoms with Crippen LogP contribution in [0, 0.1) is 5.82 Å². The van der Waals surface area contributed by atoms with Crippen molar-refractivity contribution in [3.63, 3.8) is 0 Å². The molecule has 38 heavy (non-hydrogen) atoms. The van der Waals surface area contributed by atoms with Crippen LogP contribution in [0.3, 0.4) is 0 Å². The van der Waals surface area contributed by atoms with E-state index in [1.165, 1.54) is 35.0 Å². The lowest BCUT2D eigenvalue weighted by Gasteiger charge is -2.14. The minimum absolute atomic E-state index is 0.0335. The van der Waals surface area contributed by atoms with Crippen molar-refractivity contribution in [2.45, 2.75) is 19.0 Å². The molecule has 1 aliphatic heterocycles. The van der Waals surface area contributed by atoms with E-state index in [4.69, 9.17) is 23.2 Å². The summed E-state index contributed by atoms with van der Waals surface area (Å²) in [6, 6.07) is 16.1. The van der Waals surface area contributed by atoms with Crippen LogP contribution in [0.2, 0.25) is 10.0 Å². The van der Waals surface area contributed by atoms with Crippen molar-refractivity contribution in [3.8, 4) is 16.9 Å². The molecule has 0 aliphatic carbocycles. The van der Waals surface area contributed by atoms with Gasteiger partial charge in [0, 0.05) is 24.2 Å². The highest BCUT2D eigenvalue weighted by atomic mass is 35.5. The summed E-state index contributed by atoms with van der Waals surface area (Å²) in [6.45, 7) is 2.51. The van der Waals surface area contributed by atoms with Gasteiger partial charge >= 0.3 is 0 Å². The van der Waals surface area contributed by atoms with Gasteiger partial charge in [0.1, 0.15) is 11.6 Å². The summed E-state index contributed by atoms with van der Waals surface area (Å²) in [5, 5.41) is 10.6. The fraction of sp³-hybridized carbons (Fsp3) is 0.154. The van der Waals surface area contributed by atoms with Gasteiger partial charge in [0.25, 0.3) is 11.8 Å². The molecule has 3 heterocycles. The third-order valence-electron chi connectivity index (χ3n) is 6.06. The summed E-state index contributed by atoms with van der Waals surface area (Å²) in [7, 11) is 0. The summed E-state index contributed by atoms with van der Waals surface area (Å²) in [4.78, 5) is 30.4. The van der Waals surface area contributed by atoms with Crippen LogP contribution in [0.25, 0.3) is 16.9 Å². The molecule has 9 nitrogen and oxygen atoms in total. The second-order valence-corrected chi connectivity index (χ2v) is 9.50. The molecular weight excluding hydrogens is 532 g/mol. The van der Waals surface area contributed by atoms with E-state index in [1.807, 2.05) is 25.1 Å². The van der Waals surface area contributed by atoms with Gasteiger partial charge in [-0.2, -0.15) is 5.10 Å². The van der Waals surface area contributed by atoms with Crippen molar-refractivity contribution in [2.24, 2.45) is 0 Å². The number of amides is 2. The zero-order valence-corrected chi connectivity index (χ0v) is 21.5. The first kappa shape index (κ1) is 25.8. The molecule has 12 heteroatoms. The fourth-order valence-corrected chi connectivity index (χ4v) is 4.58. The maximum absolute atomic E-state index is 13.4. The van der Waals surface area contributed by atoms with E-state index in [-0.39, 0.29) is 45.1 Å². The van der Waals surface area contributed by atoms with Gasteiger partial charge in [-0.1, -0.05) is 41.4 Å². The summed E-state index contributed by atoms with van der Waals surface area (Å²) in [5.41, 5.74) is 7.71. The van der Waals surface area contributed by atoms with Crippen LogP contribution < -0.4 is 21.5 Å². The van der Waals surface area contributed by atoms with Crippen molar-refractivity contribution in [2.75, 3.05) is 11.9 Å². The summed E-state index contributed by atoms with van der Waals surface area (Å²) in [6.07, 6.45) is 1.06. The molecule has 2 aromatic heterocycles. The highest BCUT2D eigenvalue weighted by Gasteiger charge is 2.27. The predicted molar refractivity (Wildman–Crippen MR) is 143 cm³/mol. The molecule has 4 N–H and O–H groups in total. The van der Waals surface area contributed by atoms with Gasteiger partial charge < -0.3 is 10.6 Å². The van der Waals surface area contributed by atoms with Crippen molar-refractivity contribution in [3.05, 3.63) is 94.0 Å². The zero-order valence-electron chi connectivity index (χ0n) is 20.0. The second-order valence-electron chi connectivity index (χ2n) is 8.68. The van der Waals surface area contributed by atoms with E-state index < -0.39 is 11.7 Å². The highest BCUT2D eigenvalue weighted by molar-refractivity contribution is 6.38. The number of hydrazine groups is 1. The van der Waals surface area contributed by atoms with Crippen LogP contribution >= 0.6 is 23.2 Å². The Hall–Kier alpha value is -3.83. The van der Waals surface area contributed by atoms with Gasteiger partial charge in [-0.25, -0.2) is 9.07 Å². The molecule has 2 aromatic carbocycles. The third-order valence-corrected chi connectivity index (χ3v) is 6.69. The van der Waals surface area contributed by atoms with Gasteiger partial charge in [0.15, 0.2) is 5.69 Å². The van der Waals surface area contributed by atoms with Crippen LogP contribution in [0.1, 0.15) is 27.8 Å². The maximum Gasteiger partial charge on any atom is 0.272 e. The van der Waals surface area contributed by atoms with Crippen LogP contribution in [0.5, 0.6) is 0 Å². The number of anilines is 1. The van der Waals surface area contributed by atoms with E-state index in [9.17, 15) is 14.0 Å². The normalized spacial score (nSPS) is 16.8. The first-order chi connectivity index (χ1) is 18.3. The molecule has 2 atom stereocenters. The largest absolute Gasteiger partial charge is 0.345 e. The standard InChI is InChI=1S/C26H22Cl2FN7O2/c1-14-23(13-31-34-14)32-26(38)22-11-24(36(35-22)16-5-3-2-4-6-16)33-25(37)18-9-17(19(27)10-20(18)28)21-8-7-15(29)12-30-21/h2-12,14,23,31,34H,13H2,1H3,(H,32,38)(H,33,37). The molecule has 1 aliphatic rings. The lowest BCUT2D eigenvalue weighted by molar-refractivity contribution is 0.0930. The molecule has 2 amide bonds. The van der Waals surface area contributed by atoms with Gasteiger partial charge in [-0.3, -0.25) is 25.4 Å². The minimum atomic E-state index is -0.558. The quantitative estimate of drug-likeness (QED) is 0.284. The van der Waals surface area contributed by atoms with Crippen molar-refractivity contribution >= 4 is 40.8 Å². The molecule has 1 saturated heterocycles. The molecule has 5 rings (SSSR count). The number of nitrogens with one attached hydrogen (secondary N) is 4. The van der Waals surface area contributed by atoms with Crippen LogP contribution in [0.4, 0.5) is 10.2 Å². The van der Waals surface area contributed by atoms with Crippen LogP contribution in [0.15, 0.2) is 66.9 Å². The number of aromatic nitrogens is 3. The Bertz CT molecular complexity index is 1500. The van der Waals surface area contributed by atoms with Crippen LogP contribution in [-0.4, -0.2) is 45.2 Å². The summed E-state index contributed by atoms with van der Waals surface area (Å²) >= 11 is 12.7. The smallest absolute Gasteiger partial charge is 0.272 e. The Kier molecular flexibility index (Phi) is 7.39. The van der Waals surface area contributed by atoms with E-state index in [0.717, 1.165) is 6.20 Å². The first-order valence-corrected chi connectivity index (χ1v) is 12.4. The maximum atomic E-state index is 13.4. The Morgan fingerprint density at radius 1 is 1.05 bits per heavy atom. The lowest BCUT2D eigenvalue weighted by atomic mass is 10.1. The van der Waals surface area contributed by atoms with Crippen molar-refractivity contribution < 1.29 is 14.0 Å². The first-order valence-electron chi connectivity index (χ1n) is 11.7. The average molecular weight is 554 g/mol. The van der Waals surface area contributed by atoms with E-state index in [2.05, 4.69) is 31.6 Å². The highest BCUT2D eigenvalue weighted by Crippen LogP contribution is 2.32.